The van der Waals surface area contributed by atoms with Gasteiger partial charge in [-0.1, -0.05) is 12.8 Å². The third-order valence-corrected chi connectivity index (χ3v) is 3.55. The van der Waals surface area contributed by atoms with Crippen molar-refractivity contribution in [3.8, 4) is 0 Å². The highest BCUT2D eigenvalue weighted by Crippen LogP contribution is 2.31. The lowest BCUT2D eigenvalue weighted by atomic mass is 10.0. The van der Waals surface area contributed by atoms with E-state index < -0.39 is 5.60 Å². The van der Waals surface area contributed by atoms with E-state index >= 15 is 0 Å². The Morgan fingerprint density at radius 1 is 1.29 bits per heavy atom. The molecule has 2 unspecified atom stereocenters. The number of hydrogen-bond acceptors (Lipinski definition) is 3. The number of nitrogens with two attached hydrogens (primary N) is 1. The maximum absolute atomic E-state index is 10.1. The van der Waals surface area contributed by atoms with E-state index in [0.717, 1.165) is 44.9 Å². The fourth-order valence-electron chi connectivity index (χ4n) is 2.58. The summed E-state index contributed by atoms with van der Waals surface area (Å²) in [5, 5.41) is 10.1. The normalized spacial score (nSPS) is 36.4. The minimum absolute atomic E-state index is 0.301. The smallest absolute Gasteiger partial charge is 0.0880 e. The van der Waals surface area contributed by atoms with Crippen LogP contribution in [0.5, 0.6) is 0 Å². The zero-order chi connectivity index (χ0) is 10.0. The molecule has 2 aliphatic rings. The molecule has 3 N–H and O–H groups in total. The van der Waals surface area contributed by atoms with E-state index in [2.05, 4.69) is 0 Å². The molecule has 0 aliphatic heterocycles. The van der Waals surface area contributed by atoms with E-state index in [9.17, 15) is 5.11 Å². The van der Waals surface area contributed by atoms with Crippen molar-refractivity contribution < 1.29 is 9.84 Å². The monoisotopic (exact) mass is 199 g/mol. The second-order valence-corrected chi connectivity index (χ2v) is 4.94. The van der Waals surface area contributed by atoms with Gasteiger partial charge in [0.05, 0.1) is 18.3 Å². The molecule has 0 spiro atoms. The molecule has 0 aromatic carbocycles. The van der Waals surface area contributed by atoms with Crippen molar-refractivity contribution >= 4 is 0 Å². The predicted octanol–water partition coefficient (Wildman–Crippen LogP) is 1.19. The third-order valence-electron chi connectivity index (χ3n) is 3.55. The Morgan fingerprint density at radius 3 is 2.57 bits per heavy atom. The SMILES string of the molecule is NC1CCC(OCC2(O)CCCC2)C1. The minimum atomic E-state index is -0.521. The van der Waals surface area contributed by atoms with Crippen LogP contribution in [-0.2, 0) is 4.74 Å². The van der Waals surface area contributed by atoms with Crippen molar-refractivity contribution in [2.45, 2.75) is 62.7 Å². The summed E-state index contributed by atoms with van der Waals surface area (Å²) >= 11 is 0. The molecule has 0 aromatic heterocycles. The molecule has 0 aromatic rings. The molecule has 2 rings (SSSR count). The fourth-order valence-corrected chi connectivity index (χ4v) is 2.58. The largest absolute Gasteiger partial charge is 0.387 e. The molecule has 2 atom stereocenters. The summed E-state index contributed by atoms with van der Waals surface area (Å²) in [7, 11) is 0. The van der Waals surface area contributed by atoms with E-state index in [4.69, 9.17) is 10.5 Å². The number of hydrogen-bond donors (Lipinski definition) is 2. The third kappa shape index (κ3) is 2.47. The summed E-state index contributed by atoms with van der Waals surface area (Å²) in [6, 6.07) is 0.318. The van der Waals surface area contributed by atoms with Crippen molar-refractivity contribution in [1.29, 1.82) is 0 Å². The summed E-state index contributed by atoms with van der Waals surface area (Å²) in [5.74, 6) is 0. The Hall–Kier alpha value is -0.120. The second kappa shape index (κ2) is 4.17. The lowest BCUT2D eigenvalue weighted by molar-refractivity contribution is -0.0673. The van der Waals surface area contributed by atoms with Gasteiger partial charge in [0.25, 0.3) is 0 Å². The fraction of sp³-hybridized carbons (Fsp3) is 1.00. The summed E-state index contributed by atoms with van der Waals surface area (Å²) < 4.78 is 5.73. The number of rotatable bonds is 3. The first kappa shape index (κ1) is 10.4. The molecule has 0 heterocycles. The summed E-state index contributed by atoms with van der Waals surface area (Å²) in [6.07, 6.45) is 7.51. The molecule has 82 valence electrons. The average molecular weight is 199 g/mol. The molecule has 3 heteroatoms. The van der Waals surface area contributed by atoms with Crippen LogP contribution in [0.2, 0.25) is 0 Å². The summed E-state index contributed by atoms with van der Waals surface area (Å²) in [5.41, 5.74) is 5.28. The van der Waals surface area contributed by atoms with Gasteiger partial charge in [0.15, 0.2) is 0 Å². The lowest BCUT2D eigenvalue weighted by Crippen LogP contribution is -2.33. The zero-order valence-electron chi connectivity index (χ0n) is 8.74. The van der Waals surface area contributed by atoms with E-state index in [-0.39, 0.29) is 0 Å². The van der Waals surface area contributed by atoms with Gasteiger partial charge in [-0.05, 0) is 32.1 Å². The maximum atomic E-state index is 10.1. The Labute approximate surface area is 85.6 Å². The van der Waals surface area contributed by atoms with Crippen LogP contribution < -0.4 is 5.73 Å². The Kier molecular flexibility index (Phi) is 3.10. The molecule has 2 fully saturated rings. The first-order valence-electron chi connectivity index (χ1n) is 5.77. The zero-order valence-corrected chi connectivity index (χ0v) is 8.74. The van der Waals surface area contributed by atoms with Crippen LogP contribution in [0.25, 0.3) is 0 Å². The van der Waals surface area contributed by atoms with Crippen molar-refractivity contribution in [2.24, 2.45) is 5.73 Å². The number of aliphatic hydroxyl groups is 1. The van der Waals surface area contributed by atoms with Gasteiger partial charge in [-0.25, -0.2) is 0 Å². The summed E-state index contributed by atoms with van der Waals surface area (Å²) in [4.78, 5) is 0. The lowest BCUT2D eigenvalue weighted by Gasteiger charge is -2.24. The average Bonchev–Trinajstić information content (AvgIpc) is 2.73. The topological polar surface area (TPSA) is 55.5 Å². The highest BCUT2D eigenvalue weighted by atomic mass is 16.5. The standard InChI is InChI=1S/C11H21NO2/c12-9-3-4-10(7-9)14-8-11(13)5-1-2-6-11/h9-10,13H,1-8,12H2. The van der Waals surface area contributed by atoms with Crippen LogP contribution in [-0.4, -0.2) is 29.5 Å². The van der Waals surface area contributed by atoms with E-state index in [0.29, 0.717) is 18.8 Å². The molecule has 0 radical (unpaired) electrons. The Balaban J connectivity index is 1.71. The van der Waals surface area contributed by atoms with Crippen LogP contribution in [0.15, 0.2) is 0 Å². The molecule has 14 heavy (non-hydrogen) atoms. The minimum Gasteiger partial charge on any atom is -0.387 e. The van der Waals surface area contributed by atoms with E-state index in [1.165, 1.54) is 0 Å². The number of ether oxygens (including phenoxy) is 1. The van der Waals surface area contributed by atoms with Crippen LogP contribution in [0.3, 0.4) is 0 Å². The van der Waals surface area contributed by atoms with Crippen molar-refractivity contribution in [2.75, 3.05) is 6.61 Å². The predicted molar refractivity (Wildman–Crippen MR) is 55.0 cm³/mol. The highest BCUT2D eigenvalue weighted by molar-refractivity contribution is 4.85. The molecular weight excluding hydrogens is 178 g/mol. The molecule has 2 saturated carbocycles. The van der Waals surface area contributed by atoms with E-state index in [1.54, 1.807) is 0 Å². The van der Waals surface area contributed by atoms with Gasteiger partial charge in [0.1, 0.15) is 0 Å². The molecule has 3 nitrogen and oxygen atoms in total. The van der Waals surface area contributed by atoms with Crippen LogP contribution in [0, 0.1) is 0 Å². The van der Waals surface area contributed by atoms with Gasteiger partial charge in [0, 0.05) is 6.04 Å². The molecule has 0 amide bonds. The van der Waals surface area contributed by atoms with Crippen LogP contribution in [0.1, 0.15) is 44.9 Å². The highest BCUT2D eigenvalue weighted by Gasteiger charge is 2.33. The van der Waals surface area contributed by atoms with Crippen molar-refractivity contribution in [1.82, 2.24) is 0 Å². The van der Waals surface area contributed by atoms with Gasteiger partial charge in [-0.3, -0.25) is 0 Å². The quantitative estimate of drug-likeness (QED) is 0.718. The van der Waals surface area contributed by atoms with Crippen LogP contribution in [0.4, 0.5) is 0 Å². The van der Waals surface area contributed by atoms with Gasteiger partial charge >= 0.3 is 0 Å². The van der Waals surface area contributed by atoms with Crippen LogP contribution >= 0.6 is 0 Å². The van der Waals surface area contributed by atoms with Crippen molar-refractivity contribution in [3.63, 3.8) is 0 Å². The van der Waals surface area contributed by atoms with Crippen molar-refractivity contribution in [3.05, 3.63) is 0 Å². The molecule has 0 bridgehead atoms. The Morgan fingerprint density at radius 2 is 2.00 bits per heavy atom. The second-order valence-electron chi connectivity index (χ2n) is 4.94. The van der Waals surface area contributed by atoms with Gasteiger partial charge in [-0.15, -0.1) is 0 Å². The van der Waals surface area contributed by atoms with Gasteiger partial charge in [0.2, 0.25) is 0 Å². The van der Waals surface area contributed by atoms with Gasteiger partial charge in [-0.2, -0.15) is 0 Å². The maximum Gasteiger partial charge on any atom is 0.0880 e. The first-order chi connectivity index (χ1) is 6.68. The molecular formula is C11H21NO2. The molecule has 0 saturated heterocycles. The van der Waals surface area contributed by atoms with Gasteiger partial charge < -0.3 is 15.6 Å². The van der Waals surface area contributed by atoms with E-state index in [1.807, 2.05) is 0 Å². The molecule has 2 aliphatic carbocycles. The Bertz CT molecular complexity index is 190. The summed E-state index contributed by atoms with van der Waals surface area (Å²) in [6.45, 7) is 0.518. The first-order valence-corrected chi connectivity index (χ1v) is 5.77.